The van der Waals surface area contributed by atoms with Gasteiger partial charge < -0.3 is 81.5 Å². The zero-order valence-corrected chi connectivity index (χ0v) is 65.9. The van der Waals surface area contributed by atoms with Crippen molar-refractivity contribution in [1.82, 2.24) is 82.3 Å². The number of hydrogen-bond donors (Lipinski definition) is 10. The van der Waals surface area contributed by atoms with Crippen molar-refractivity contribution in [3.05, 3.63) is 215 Å². The van der Waals surface area contributed by atoms with Crippen molar-refractivity contribution >= 4 is 59.2 Å². The van der Waals surface area contributed by atoms with Crippen molar-refractivity contribution in [3.63, 3.8) is 0 Å². The van der Waals surface area contributed by atoms with Crippen molar-refractivity contribution in [2.24, 2.45) is 11.8 Å². The van der Waals surface area contributed by atoms with Crippen LogP contribution in [0.4, 0.5) is 0 Å². The van der Waals surface area contributed by atoms with E-state index in [1.807, 2.05) is 60.7 Å². The molecule has 0 radical (unpaired) electrons. The van der Waals surface area contributed by atoms with Crippen LogP contribution < -0.4 is 61.5 Å². The molecule has 12 bridgehead atoms. The Morgan fingerprint density at radius 2 is 0.836 bits per heavy atom. The molecule has 6 aromatic carbocycles. The number of nitrogens with zero attached hydrogens (tertiary/aromatic N) is 8. The van der Waals surface area contributed by atoms with Gasteiger partial charge in [-0.15, -0.1) is 10.2 Å². The van der Waals surface area contributed by atoms with E-state index in [-0.39, 0.29) is 78.0 Å². The fraction of sp³-hybridized carbons (Fsp3) is 0.405. The van der Waals surface area contributed by atoms with Gasteiger partial charge in [0.05, 0.1) is 36.6 Å². The first-order chi connectivity index (χ1) is 55.8. The van der Waals surface area contributed by atoms with Crippen LogP contribution in [0.2, 0.25) is 0 Å². The minimum Gasteiger partial charge on any atom is -0.489 e. The topological polar surface area (TPSA) is 412 Å². The second-order valence-electron chi connectivity index (χ2n) is 30.1. The molecule has 612 valence electrons. The Kier molecular flexibility index (Phi) is 28.7. The Hall–Kier alpha value is -12.6. The summed E-state index contributed by atoms with van der Waals surface area (Å²) in [5.74, 6) is -7.29. The van der Waals surface area contributed by atoms with Gasteiger partial charge in [-0.05, 0) is 122 Å². The molecular weight excluding hydrogens is 1490 g/mol. The predicted molar refractivity (Wildman–Crippen MR) is 423 cm³/mol. The van der Waals surface area contributed by atoms with Crippen molar-refractivity contribution in [2.45, 2.75) is 179 Å². The summed E-state index contributed by atoms with van der Waals surface area (Å²) in [5, 5.41) is 61.8. The fourth-order valence-corrected chi connectivity index (χ4v) is 13.8. The lowest BCUT2D eigenvalue weighted by Gasteiger charge is -2.32. The van der Waals surface area contributed by atoms with Crippen LogP contribution in [-0.4, -0.2) is 197 Å². The van der Waals surface area contributed by atoms with Crippen molar-refractivity contribution in [1.29, 1.82) is 0 Å². The van der Waals surface area contributed by atoms with E-state index in [1.165, 1.54) is 19.2 Å². The number of carboxylic acid groups (broad SMARTS) is 2. The number of aromatic nitrogens is 6. The number of benzene rings is 6. The molecule has 2 saturated heterocycles. The molecule has 116 heavy (non-hydrogen) atoms. The zero-order chi connectivity index (χ0) is 82.7. The Bertz CT molecular complexity index is 4410. The standard InChI is InChI=1S/C84H100N16O16/c1-49(2)73(91-75(101)51(5)85-7)81(107)97-43-61-39-71(97)79(105)87-67(35-53-19-27-63(28-20-53)113-45-57-15-11-9-12-16-57)77(103)89-69(83(109)110)37-55-25-33-66(34-26-55)116-48-60-42-100(96-94-60)62-40-72(98(44-62)82(108)74(50(3)4)92-76(102)52(6)86-8)80(106)88-68(36-54-21-29-64(30-22-54)114-46-58-17-13-10-14-18-58)78(104)90-70(84(111)112)38-56-23-31-65(32-24-56)115-47-59-41-99(61)95-93-59/h9-34,41-42,49-52,61-62,67-74,85-86H,35-40,43-48H2,1-8H3,(H,87,105)(H,88,106)(H,89,103)(H,90,104)(H,91,101)(H,92,102)(H,109,110)(H,111,112)/t51-,52-,61-,62-,67-,68-,69-,70-,71-,72-,73-,74-/m0/s1. The van der Waals surface area contributed by atoms with Gasteiger partial charge in [-0.25, -0.2) is 19.0 Å². The molecule has 8 aromatic rings. The summed E-state index contributed by atoms with van der Waals surface area (Å²) < 4.78 is 27.4. The summed E-state index contributed by atoms with van der Waals surface area (Å²) in [6.07, 6.45) is 2.35. The number of rotatable bonds is 22. The lowest BCUT2D eigenvalue weighted by molar-refractivity contribution is -0.144. The summed E-state index contributed by atoms with van der Waals surface area (Å²) in [7, 11) is 3.21. The normalized spacial score (nSPS) is 20.7. The average Bonchev–Trinajstić information content (AvgIpc) is 1.60. The van der Waals surface area contributed by atoms with Crippen LogP contribution in [0, 0.1) is 11.8 Å². The monoisotopic (exact) mass is 1590 g/mol. The molecule has 0 unspecified atom stereocenters. The number of carbonyl (C=O) groups is 10. The molecule has 12 atom stereocenters. The van der Waals surface area contributed by atoms with Crippen LogP contribution >= 0.6 is 0 Å². The van der Waals surface area contributed by atoms with Gasteiger partial charge in [0.2, 0.25) is 47.3 Å². The largest absolute Gasteiger partial charge is 0.489 e. The van der Waals surface area contributed by atoms with E-state index < -0.39 is 144 Å². The molecule has 2 aromatic heterocycles. The minimum absolute atomic E-state index is 0.0542. The SMILES string of the molecule is CN[C@@H](C)C(=O)N[C@H](C(=O)N1C[C@@H]2C[C@H]1C(=O)N[C@@H](Cc1ccc(OCc3ccccc3)cc1)C(=O)N[C@H](C(=O)O)Cc1ccc(cc1)OCc1cn(nn1)[C@H]1C[C@@H](C(=O)N[C@@H](Cc3ccc(OCc4ccccc4)cc3)C(=O)N[C@H](C(=O)O)Cc3ccc(cc3)OCc3cn2nn3)N(C(=O)[C@@H](NC(=O)[C@H](C)NC)C(C)C)C1)C(C)C. The number of likely N-dealkylation sites (tertiary alicyclic amines) is 2. The number of carbonyl (C=O) groups excluding carboxylic acids is 8. The van der Waals surface area contributed by atoms with Gasteiger partial charge in [0, 0.05) is 51.6 Å². The maximum atomic E-state index is 15.3. The summed E-state index contributed by atoms with van der Waals surface area (Å²) in [6.45, 7) is 10.4. The molecule has 8 heterocycles. The summed E-state index contributed by atoms with van der Waals surface area (Å²) in [4.78, 5) is 147. The van der Waals surface area contributed by atoms with Gasteiger partial charge in [-0.3, -0.25) is 38.4 Å². The van der Waals surface area contributed by atoms with Gasteiger partial charge in [0.25, 0.3) is 0 Å². The van der Waals surface area contributed by atoms with Crippen molar-refractivity contribution < 1.29 is 77.1 Å². The summed E-state index contributed by atoms with van der Waals surface area (Å²) in [6, 6.07) is 32.3. The molecule has 2 fully saturated rings. The number of likely N-dealkylation sites (N-methyl/N-ethyl adjacent to an activating group) is 2. The van der Waals surface area contributed by atoms with E-state index in [0.717, 1.165) is 11.1 Å². The van der Waals surface area contributed by atoms with Gasteiger partial charge in [-0.2, -0.15) is 0 Å². The lowest BCUT2D eigenvalue weighted by Crippen LogP contribution is -2.59. The van der Waals surface area contributed by atoms with Gasteiger partial charge in [0.1, 0.15) is 109 Å². The van der Waals surface area contributed by atoms with Crippen molar-refractivity contribution in [2.75, 3.05) is 27.2 Å². The molecule has 0 saturated carbocycles. The molecule has 32 nitrogen and oxygen atoms in total. The lowest BCUT2D eigenvalue weighted by atomic mass is 10.0. The van der Waals surface area contributed by atoms with Crippen LogP contribution in [0.15, 0.2) is 170 Å². The molecule has 32 heteroatoms. The highest BCUT2D eigenvalue weighted by molar-refractivity contribution is 5.98. The van der Waals surface area contributed by atoms with E-state index in [0.29, 0.717) is 56.6 Å². The second-order valence-corrected chi connectivity index (χ2v) is 30.1. The molecule has 14 rings (SSSR count). The fourth-order valence-electron chi connectivity index (χ4n) is 13.8. The third-order valence-electron chi connectivity index (χ3n) is 20.9. The van der Waals surface area contributed by atoms with E-state index in [1.54, 1.807) is 165 Å². The predicted octanol–water partition coefficient (Wildman–Crippen LogP) is 4.36. The smallest absolute Gasteiger partial charge is 0.326 e. The Morgan fingerprint density at radius 1 is 0.474 bits per heavy atom. The van der Waals surface area contributed by atoms with Crippen LogP contribution in [0.25, 0.3) is 0 Å². The van der Waals surface area contributed by atoms with Crippen LogP contribution in [0.5, 0.6) is 23.0 Å². The summed E-state index contributed by atoms with van der Waals surface area (Å²) >= 11 is 0. The van der Waals surface area contributed by atoms with Crippen molar-refractivity contribution in [3.8, 4) is 23.0 Å². The van der Waals surface area contributed by atoms with Crippen LogP contribution in [0.1, 0.15) is 111 Å². The third kappa shape index (κ3) is 22.5. The third-order valence-corrected chi connectivity index (χ3v) is 20.9. The first-order valence-corrected chi connectivity index (χ1v) is 38.8. The number of aliphatic carboxylic acids is 2. The zero-order valence-electron chi connectivity index (χ0n) is 65.9. The highest BCUT2D eigenvalue weighted by atomic mass is 16.5. The first-order valence-electron chi connectivity index (χ1n) is 38.8. The van der Waals surface area contributed by atoms with Gasteiger partial charge >= 0.3 is 11.9 Å². The molecule has 10 N–H and O–H groups in total. The number of ether oxygens (including phenoxy) is 4. The number of carboxylic acids is 2. The maximum Gasteiger partial charge on any atom is 0.326 e. The van der Waals surface area contributed by atoms with E-state index in [4.69, 9.17) is 18.9 Å². The Morgan fingerprint density at radius 3 is 1.17 bits per heavy atom. The quantitative estimate of drug-likeness (QED) is 0.0450. The van der Waals surface area contributed by atoms with Crippen LogP contribution in [-0.2, 0) is 100 Å². The van der Waals surface area contributed by atoms with E-state index >= 15 is 19.2 Å². The average molecular weight is 1590 g/mol. The highest BCUT2D eigenvalue weighted by Gasteiger charge is 2.47. The number of nitrogens with one attached hydrogen (secondary N) is 8. The van der Waals surface area contributed by atoms with Gasteiger partial charge in [0.15, 0.2) is 0 Å². The van der Waals surface area contributed by atoms with Gasteiger partial charge in [-0.1, -0.05) is 147 Å². The molecule has 6 aliphatic heterocycles. The van der Waals surface area contributed by atoms with E-state index in [2.05, 4.69) is 63.2 Å². The van der Waals surface area contributed by atoms with Crippen LogP contribution in [0.3, 0.4) is 0 Å². The molecule has 8 amide bonds. The number of hydrogen-bond acceptors (Lipinski definition) is 20. The molecule has 0 aliphatic carbocycles. The second kappa shape index (κ2) is 39.4. The summed E-state index contributed by atoms with van der Waals surface area (Å²) in [5.41, 5.74) is 4.62. The minimum atomic E-state index is -1.54. The molecule has 6 aliphatic rings. The first kappa shape index (κ1) is 84.3. The van der Waals surface area contributed by atoms with E-state index in [9.17, 15) is 39.0 Å². The Balaban J connectivity index is 0.902. The molecule has 0 spiro atoms. The maximum absolute atomic E-state index is 15.3. The number of amides is 8. The molecular formula is C84H100N16O16. The highest BCUT2D eigenvalue weighted by Crippen LogP contribution is 2.32. The Labute approximate surface area is 671 Å².